The molecule has 22 heavy (non-hydrogen) atoms. The summed E-state index contributed by atoms with van der Waals surface area (Å²) in [6.07, 6.45) is 0.513. The summed E-state index contributed by atoms with van der Waals surface area (Å²) in [7, 11) is 1.58. The number of piperazine rings is 1. The SMILES string of the molecule is CCC(=O)N1CCN(C(=O)c2cc(C)c(C)cc2OC)CC1. The van der Waals surface area contributed by atoms with E-state index in [-0.39, 0.29) is 11.8 Å². The third kappa shape index (κ3) is 3.24. The zero-order chi connectivity index (χ0) is 16.3. The minimum absolute atomic E-state index is 0.0245. The van der Waals surface area contributed by atoms with Crippen LogP contribution in [0.3, 0.4) is 0 Å². The predicted octanol–water partition coefficient (Wildman–Crippen LogP) is 2.01. The monoisotopic (exact) mass is 304 g/mol. The van der Waals surface area contributed by atoms with Crippen molar-refractivity contribution in [3.05, 3.63) is 28.8 Å². The zero-order valence-electron chi connectivity index (χ0n) is 13.8. The lowest BCUT2D eigenvalue weighted by atomic mass is 10.0. The Bertz CT molecular complexity index is 576. The second kappa shape index (κ2) is 6.81. The smallest absolute Gasteiger partial charge is 0.257 e. The van der Waals surface area contributed by atoms with Crippen LogP contribution in [-0.4, -0.2) is 54.9 Å². The van der Waals surface area contributed by atoms with E-state index < -0.39 is 0 Å². The highest BCUT2D eigenvalue weighted by atomic mass is 16.5. The number of benzene rings is 1. The maximum atomic E-state index is 12.7. The quantitative estimate of drug-likeness (QED) is 0.858. The van der Waals surface area contributed by atoms with Crippen molar-refractivity contribution in [3.8, 4) is 5.75 Å². The van der Waals surface area contributed by atoms with Crippen LogP contribution in [0.25, 0.3) is 0 Å². The lowest BCUT2D eigenvalue weighted by Crippen LogP contribution is -2.50. The minimum Gasteiger partial charge on any atom is -0.496 e. The zero-order valence-corrected chi connectivity index (χ0v) is 13.8. The van der Waals surface area contributed by atoms with Crippen LogP contribution in [0.5, 0.6) is 5.75 Å². The predicted molar refractivity (Wildman–Crippen MR) is 85.2 cm³/mol. The fourth-order valence-corrected chi connectivity index (χ4v) is 2.68. The van der Waals surface area contributed by atoms with E-state index in [0.717, 1.165) is 11.1 Å². The molecule has 1 saturated heterocycles. The van der Waals surface area contributed by atoms with Gasteiger partial charge in [0, 0.05) is 32.6 Å². The molecule has 0 saturated carbocycles. The van der Waals surface area contributed by atoms with Crippen LogP contribution in [0.1, 0.15) is 34.8 Å². The van der Waals surface area contributed by atoms with E-state index in [1.54, 1.807) is 12.0 Å². The molecule has 0 bridgehead atoms. The number of carbonyl (C=O) groups excluding carboxylic acids is 2. The Morgan fingerprint density at radius 3 is 2.14 bits per heavy atom. The van der Waals surface area contributed by atoms with E-state index in [4.69, 9.17) is 4.74 Å². The summed E-state index contributed by atoms with van der Waals surface area (Å²) in [6.45, 7) is 8.20. The number of ether oxygens (including phenoxy) is 1. The van der Waals surface area contributed by atoms with Gasteiger partial charge in [-0.1, -0.05) is 6.92 Å². The van der Waals surface area contributed by atoms with E-state index in [1.165, 1.54) is 0 Å². The molecule has 0 spiro atoms. The first-order valence-corrected chi connectivity index (χ1v) is 7.70. The minimum atomic E-state index is -0.0245. The molecule has 1 aromatic rings. The molecule has 5 nitrogen and oxygen atoms in total. The molecule has 0 N–H and O–H groups in total. The number of rotatable bonds is 3. The summed E-state index contributed by atoms with van der Waals surface area (Å²) in [5, 5.41) is 0. The van der Waals surface area contributed by atoms with Gasteiger partial charge in [0.15, 0.2) is 0 Å². The Hall–Kier alpha value is -2.04. The van der Waals surface area contributed by atoms with Gasteiger partial charge in [-0.05, 0) is 37.1 Å². The van der Waals surface area contributed by atoms with Crippen LogP contribution in [0.4, 0.5) is 0 Å². The Labute approximate surface area is 131 Å². The first-order chi connectivity index (χ1) is 10.5. The molecule has 5 heteroatoms. The van der Waals surface area contributed by atoms with Crippen molar-refractivity contribution in [1.82, 2.24) is 9.80 Å². The molecular formula is C17H24N2O3. The van der Waals surface area contributed by atoms with Crippen molar-refractivity contribution in [3.63, 3.8) is 0 Å². The fraction of sp³-hybridized carbons (Fsp3) is 0.529. The van der Waals surface area contributed by atoms with E-state index in [1.807, 2.05) is 37.8 Å². The van der Waals surface area contributed by atoms with E-state index >= 15 is 0 Å². The summed E-state index contributed by atoms with van der Waals surface area (Å²) in [4.78, 5) is 28.0. The first kappa shape index (κ1) is 16.3. The molecular weight excluding hydrogens is 280 g/mol. The van der Waals surface area contributed by atoms with Crippen molar-refractivity contribution in [2.75, 3.05) is 33.3 Å². The van der Waals surface area contributed by atoms with Gasteiger partial charge in [0.05, 0.1) is 12.7 Å². The molecule has 2 rings (SSSR count). The van der Waals surface area contributed by atoms with Crippen LogP contribution in [0.15, 0.2) is 12.1 Å². The third-order valence-electron chi connectivity index (χ3n) is 4.27. The van der Waals surface area contributed by atoms with Gasteiger partial charge >= 0.3 is 0 Å². The molecule has 1 aliphatic rings. The molecule has 1 heterocycles. The normalized spacial score (nSPS) is 14.9. The highest BCUT2D eigenvalue weighted by Crippen LogP contribution is 2.25. The lowest BCUT2D eigenvalue weighted by Gasteiger charge is -2.35. The third-order valence-corrected chi connectivity index (χ3v) is 4.27. The second-order valence-electron chi connectivity index (χ2n) is 5.66. The van der Waals surface area contributed by atoms with Gasteiger partial charge < -0.3 is 14.5 Å². The number of carbonyl (C=O) groups is 2. The summed E-state index contributed by atoms with van der Waals surface area (Å²) in [5.74, 6) is 0.736. The van der Waals surface area contributed by atoms with Crippen molar-refractivity contribution < 1.29 is 14.3 Å². The highest BCUT2D eigenvalue weighted by Gasteiger charge is 2.26. The van der Waals surface area contributed by atoms with Gasteiger partial charge in [-0.2, -0.15) is 0 Å². The van der Waals surface area contributed by atoms with Crippen LogP contribution in [0.2, 0.25) is 0 Å². The lowest BCUT2D eigenvalue weighted by molar-refractivity contribution is -0.132. The standard InChI is InChI=1S/C17H24N2O3/c1-5-16(20)18-6-8-19(9-7-18)17(21)14-10-12(2)13(3)11-15(14)22-4/h10-11H,5-9H2,1-4H3. The molecule has 2 amide bonds. The van der Waals surface area contributed by atoms with Gasteiger partial charge in [0.25, 0.3) is 5.91 Å². The van der Waals surface area contributed by atoms with Crippen molar-refractivity contribution in [2.24, 2.45) is 0 Å². The molecule has 0 atom stereocenters. The van der Waals surface area contributed by atoms with Gasteiger partial charge in [0.2, 0.25) is 5.91 Å². The Kier molecular flexibility index (Phi) is 5.06. The van der Waals surface area contributed by atoms with Crippen LogP contribution in [-0.2, 0) is 4.79 Å². The number of hydrogen-bond acceptors (Lipinski definition) is 3. The molecule has 1 aromatic carbocycles. The summed E-state index contributed by atoms with van der Waals surface area (Å²) < 4.78 is 5.36. The average Bonchev–Trinajstić information content (AvgIpc) is 2.55. The van der Waals surface area contributed by atoms with Crippen molar-refractivity contribution in [2.45, 2.75) is 27.2 Å². The number of methoxy groups -OCH3 is 1. The Balaban J connectivity index is 2.13. The maximum absolute atomic E-state index is 12.7. The maximum Gasteiger partial charge on any atom is 0.257 e. The Morgan fingerprint density at radius 1 is 1.05 bits per heavy atom. The summed E-state index contributed by atoms with van der Waals surface area (Å²) >= 11 is 0. The van der Waals surface area contributed by atoms with Crippen molar-refractivity contribution in [1.29, 1.82) is 0 Å². The first-order valence-electron chi connectivity index (χ1n) is 7.70. The number of hydrogen-bond donors (Lipinski definition) is 0. The van der Waals surface area contributed by atoms with E-state index in [0.29, 0.717) is 43.9 Å². The van der Waals surface area contributed by atoms with Gasteiger partial charge in [0.1, 0.15) is 5.75 Å². The van der Waals surface area contributed by atoms with Gasteiger partial charge in [-0.25, -0.2) is 0 Å². The molecule has 0 unspecified atom stereocenters. The molecule has 1 aliphatic heterocycles. The number of amides is 2. The van der Waals surface area contributed by atoms with E-state index in [2.05, 4.69) is 0 Å². The summed E-state index contributed by atoms with van der Waals surface area (Å²) in [5.41, 5.74) is 2.77. The van der Waals surface area contributed by atoms with Crippen LogP contribution in [0, 0.1) is 13.8 Å². The van der Waals surface area contributed by atoms with Crippen LogP contribution >= 0.6 is 0 Å². The molecule has 0 radical (unpaired) electrons. The van der Waals surface area contributed by atoms with Gasteiger partial charge in [-0.15, -0.1) is 0 Å². The highest BCUT2D eigenvalue weighted by molar-refractivity contribution is 5.97. The summed E-state index contributed by atoms with van der Waals surface area (Å²) in [6, 6.07) is 3.79. The number of nitrogens with zero attached hydrogens (tertiary/aromatic N) is 2. The molecule has 1 fully saturated rings. The largest absolute Gasteiger partial charge is 0.496 e. The fourth-order valence-electron chi connectivity index (χ4n) is 2.68. The molecule has 120 valence electrons. The van der Waals surface area contributed by atoms with E-state index in [9.17, 15) is 9.59 Å². The van der Waals surface area contributed by atoms with Gasteiger partial charge in [-0.3, -0.25) is 9.59 Å². The second-order valence-corrected chi connectivity index (χ2v) is 5.66. The number of aryl methyl sites for hydroxylation is 2. The molecule has 0 aliphatic carbocycles. The van der Waals surface area contributed by atoms with Crippen molar-refractivity contribution >= 4 is 11.8 Å². The average molecular weight is 304 g/mol. The topological polar surface area (TPSA) is 49.9 Å². The Morgan fingerprint density at radius 2 is 1.59 bits per heavy atom. The van der Waals surface area contributed by atoms with Crippen LogP contribution < -0.4 is 4.74 Å². The molecule has 0 aromatic heterocycles.